The lowest BCUT2D eigenvalue weighted by Gasteiger charge is -2.33. The SMILES string of the molecule is Cc1ccccc1CC(C)(C[C@H](N)O)c1ccccc1C. The van der Waals surface area contributed by atoms with Crippen molar-refractivity contribution in [3.63, 3.8) is 0 Å². The second-order valence-electron chi connectivity index (χ2n) is 6.25. The van der Waals surface area contributed by atoms with Crippen LogP contribution in [0.5, 0.6) is 0 Å². The van der Waals surface area contributed by atoms with E-state index in [1.54, 1.807) is 0 Å². The van der Waals surface area contributed by atoms with Gasteiger partial charge in [0.05, 0.1) is 0 Å². The van der Waals surface area contributed by atoms with Crippen LogP contribution >= 0.6 is 0 Å². The maximum absolute atomic E-state index is 9.77. The molecule has 0 aliphatic heterocycles. The van der Waals surface area contributed by atoms with Crippen molar-refractivity contribution < 1.29 is 5.11 Å². The van der Waals surface area contributed by atoms with Gasteiger partial charge in [-0.25, -0.2) is 0 Å². The zero-order valence-corrected chi connectivity index (χ0v) is 13.1. The van der Waals surface area contributed by atoms with Crippen molar-refractivity contribution in [1.82, 2.24) is 0 Å². The Morgan fingerprint density at radius 1 is 1.00 bits per heavy atom. The lowest BCUT2D eigenvalue weighted by molar-refractivity contribution is 0.140. The van der Waals surface area contributed by atoms with Gasteiger partial charge in [-0.3, -0.25) is 0 Å². The maximum Gasteiger partial charge on any atom is 0.103 e. The first kappa shape index (κ1) is 15.7. The number of hydrogen-bond donors (Lipinski definition) is 2. The summed E-state index contributed by atoms with van der Waals surface area (Å²) in [6.07, 6.45) is 0.615. The van der Waals surface area contributed by atoms with E-state index in [2.05, 4.69) is 63.2 Å². The molecule has 0 aliphatic carbocycles. The molecular weight excluding hydrogens is 258 g/mol. The number of rotatable bonds is 5. The Morgan fingerprint density at radius 2 is 1.57 bits per heavy atom. The van der Waals surface area contributed by atoms with Gasteiger partial charge in [-0.15, -0.1) is 0 Å². The van der Waals surface area contributed by atoms with Crippen molar-refractivity contribution in [2.75, 3.05) is 0 Å². The Kier molecular flexibility index (Phi) is 4.81. The number of benzene rings is 2. The highest BCUT2D eigenvalue weighted by Gasteiger charge is 2.30. The number of aryl methyl sites for hydroxylation is 2. The van der Waals surface area contributed by atoms with Gasteiger partial charge in [-0.05, 0) is 48.9 Å². The molecule has 0 saturated carbocycles. The molecule has 1 unspecified atom stereocenters. The molecule has 21 heavy (non-hydrogen) atoms. The predicted molar refractivity (Wildman–Crippen MR) is 88.2 cm³/mol. The molecule has 0 aromatic heterocycles. The van der Waals surface area contributed by atoms with E-state index in [4.69, 9.17) is 5.73 Å². The third kappa shape index (κ3) is 3.72. The average molecular weight is 283 g/mol. The van der Waals surface area contributed by atoms with Crippen LogP contribution in [0.25, 0.3) is 0 Å². The molecule has 0 amide bonds. The summed E-state index contributed by atoms with van der Waals surface area (Å²) >= 11 is 0. The van der Waals surface area contributed by atoms with E-state index < -0.39 is 6.23 Å². The lowest BCUT2D eigenvalue weighted by Crippen LogP contribution is -2.35. The summed E-state index contributed by atoms with van der Waals surface area (Å²) in [5.41, 5.74) is 10.6. The van der Waals surface area contributed by atoms with Crippen LogP contribution in [0.2, 0.25) is 0 Å². The second kappa shape index (κ2) is 6.42. The molecule has 2 aromatic rings. The Balaban J connectivity index is 2.43. The normalized spacial score (nSPS) is 15.5. The van der Waals surface area contributed by atoms with Crippen molar-refractivity contribution >= 4 is 0 Å². The predicted octanol–water partition coefficient (Wildman–Crippen LogP) is 3.47. The molecule has 0 spiro atoms. The minimum atomic E-state index is -0.807. The Labute approximate surface area is 127 Å². The Morgan fingerprint density at radius 3 is 2.14 bits per heavy atom. The van der Waals surface area contributed by atoms with Crippen molar-refractivity contribution in [2.24, 2.45) is 5.73 Å². The first-order valence-corrected chi connectivity index (χ1v) is 7.47. The summed E-state index contributed by atoms with van der Waals surface area (Å²) in [4.78, 5) is 0. The Bertz CT molecular complexity index is 606. The van der Waals surface area contributed by atoms with E-state index >= 15 is 0 Å². The molecule has 0 radical (unpaired) electrons. The van der Waals surface area contributed by atoms with Crippen LogP contribution in [0.1, 0.15) is 35.6 Å². The van der Waals surface area contributed by atoms with Crippen molar-refractivity contribution in [3.8, 4) is 0 Å². The summed E-state index contributed by atoms with van der Waals surface area (Å²) in [6, 6.07) is 16.8. The zero-order valence-electron chi connectivity index (χ0n) is 13.1. The van der Waals surface area contributed by atoms with Crippen molar-refractivity contribution in [2.45, 2.75) is 45.3 Å². The third-order valence-electron chi connectivity index (χ3n) is 4.30. The first-order valence-electron chi connectivity index (χ1n) is 7.47. The minimum Gasteiger partial charge on any atom is -0.379 e. The molecule has 0 heterocycles. The van der Waals surface area contributed by atoms with Gasteiger partial charge >= 0.3 is 0 Å². The van der Waals surface area contributed by atoms with Crippen LogP contribution in [0.3, 0.4) is 0 Å². The van der Waals surface area contributed by atoms with Gasteiger partial charge in [0, 0.05) is 5.41 Å². The average Bonchev–Trinajstić information content (AvgIpc) is 2.41. The van der Waals surface area contributed by atoms with E-state index in [1.165, 1.54) is 22.3 Å². The Hall–Kier alpha value is -1.64. The molecule has 2 aromatic carbocycles. The largest absolute Gasteiger partial charge is 0.379 e. The fourth-order valence-corrected chi connectivity index (χ4v) is 3.22. The molecule has 112 valence electrons. The van der Waals surface area contributed by atoms with Crippen molar-refractivity contribution in [3.05, 3.63) is 70.8 Å². The quantitative estimate of drug-likeness (QED) is 0.825. The van der Waals surface area contributed by atoms with E-state index in [0.29, 0.717) is 6.42 Å². The third-order valence-corrected chi connectivity index (χ3v) is 4.30. The summed E-state index contributed by atoms with van der Waals surface area (Å²) in [7, 11) is 0. The molecule has 0 bridgehead atoms. The van der Waals surface area contributed by atoms with Crippen LogP contribution in [-0.4, -0.2) is 11.3 Å². The van der Waals surface area contributed by atoms with Gasteiger partial charge in [0.1, 0.15) is 6.23 Å². The van der Waals surface area contributed by atoms with Crippen LogP contribution in [0, 0.1) is 13.8 Å². The smallest absolute Gasteiger partial charge is 0.103 e. The van der Waals surface area contributed by atoms with Crippen LogP contribution in [-0.2, 0) is 11.8 Å². The molecule has 2 atom stereocenters. The zero-order chi connectivity index (χ0) is 15.5. The van der Waals surface area contributed by atoms with Gasteiger partial charge in [0.25, 0.3) is 0 Å². The highest BCUT2D eigenvalue weighted by atomic mass is 16.3. The van der Waals surface area contributed by atoms with E-state index in [0.717, 1.165) is 6.42 Å². The van der Waals surface area contributed by atoms with Crippen LogP contribution in [0.15, 0.2) is 48.5 Å². The molecule has 0 saturated heterocycles. The molecule has 2 heteroatoms. The number of aliphatic hydroxyl groups is 1. The van der Waals surface area contributed by atoms with E-state index in [1.807, 2.05) is 6.07 Å². The summed E-state index contributed by atoms with van der Waals surface area (Å²) in [6.45, 7) is 6.44. The molecule has 3 N–H and O–H groups in total. The van der Waals surface area contributed by atoms with E-state index in [-0.39, 0.29) is 5.41 Å². The molecule has 0 aliphatic rings. The lowest BCUT2D eigenvalue weighted by atomic mass is 9.72. The highest BCUT2D eigenvalue weighted by Crippen LogP contribution is 2.35. The second-order valence-corrected chi connectivity index (χ2v) is 6.25. The van der Waals surface area contributed by atoms with Crippen LogP contribution in [0.4, 0.5) is 0 Å². The van der Waals surface area contributed by atoms with Crippen molar-refractivity contribution in [1.29, 1.82) is 0 Å². The number of hydrogen-bond acceptors (Lipinski definition) is 2. The maximum atomic E-state index is 9.77. The van der Waals surface area contributed by atoms with E-state index in [9.17, 15) is 5.11 Å². The summed E-state index contributed by atoms with van der Waals surface area (Å²) in [5.74, 6) is 0. The summed E-state index contributed by atoms with van der Waals surface area (Å²) < 4.78 is 0. The molecular formula is C19H25NO. The first-order chi connectivity index (χ1) is 9.92. The molecule has 2 rings (SSSR count). The fraction of sp³-hybridized carbons (Fsp3) is 0.368. The van der Waals surface area contributed by atoms with Gasteiger partial charge in [0.2, 0.25) is 0 Å². The minimum absolute atomic E-state index is 0.175. The van der Waals surface area contributed by atoms with Crippen LogP contribution < -0.4 is 5.73 Å². The fourth-order valence-electron chi connectivity index (χ4n) is 3.22. The summed E-state index contributed by atoms with van der Waals surface area (Å²) in [5, 5.41) is 9.77. The molecule has 0 fully saturated rings. The van der Waals surface area contributed by atoms with Gasteiger partial charge < -0.3 is 10.8 Å². The number of aliphatic hydroxyl groups excluding tert-OH is 1. The van der Waals surface area contributed by atoms with Gasteiger partial charge in [0.15, 0.2) is 0 Å². The topological polar surface area (TPSA) is 46.2 Å². The van der Waals surface area contributed by atoms with Gasteiger partial charge in [-0.2, -0.15) is 0 Å². The molecule has 2 nitrogen and oxygen atoms in total. The monoisotopic (exact) mass is 283 g/mol. The van der Waals surface area contributed by atoms with Gasteiger partial charge in [-0.1, -0.05) is 55.5 Å². The number of nitrogens with two attached hydrogens (primary N) is 1. The standard InChI is InChI=1S/C19H25NO/c1-14-8-4-6-10-16(14)12-19(3,13-18(20)21)17-11-7-5-9-15(17)2/h4-11,18,21H,12-13,20H2,1-3H3/t18-,19?/m1/s1. The highest BCUT2D eigenvalue weighted by molar-refractivity contribution is 5.37.